The first-order valence-corrected chi connectivity index (χ1v) is 3.55. The van der Waals surface area contributed by atoms with Gasteiger partial charge >= 0.3 is 0 Å². The largest absolute Gasteiger partial charge is 0.389 e. The topological polar surface area (TPSA) is 20.2 Å². The van der Waals surface area contributed by atoms with E-state index >= 15 is 0 Å². The maximum atomic E-state index is 12.6. The molecule has 1 N–H and O–H groups in total. The normalized spacial score (nSPS) is 13.0. The van der Waals surface area contributed by atoms with Crippen molar-refractivity contribution in [3.8, 4) is 0 Å². The van der Waals surface area contributed by atoms with Crippen LogP contribution in [0.3, 0.4) is 0 Å². The predicted molar refractivity (Wildman–Crippen MR) is 45.2 cm³/mol. The van der Waals surface area contributed by atoms with Crippen molar-refractivity contribution in [1.82, 2.24) is 0 Å². The maximum absolute atomic E-state index is 12.6. The molecule has 0 saturated carbocycles. The van der Waals surface area contributed by atoms with Gasteiger partial charge < -0.3 is 5.11 Å². The van der Waals surface area contributed by atoms with Crippen LogP contribution in [-0.4, -0.2) is 13.0 Å². The lowest BCUT2D eigenvalue weighted by Gasteiger charge is -2.07. The van der Waals surface area contributed by atoms with Crippen LogP contribution in [0.15, 0.2) is 18.2 Å². The standard InChI is InChI=1S/C8H10BFO/c1-5(11)7-4-6(10)2-3-8(7)9/h2-5,11H,9H2,1H3/t5-/m1/s1. The molecule has 0 unspecified atom stereocenters. The van der Waals surface area contributed by atoms with E-state index in [9.17, 15) is 4.39 Å². The van der Waals surface area contributed by atoms with Gasteiger partial charge in [-0.1, -0.05) is 11.5 Å². The highest BCUT2D eigenvalue weighted by atomic mass is 19.1. The van der Waals surface area contributed by atoms with Crippen LogP contribution in [0, 0.1) is 5.82 Å². The Hall–Kier alpha value is -0.825. The van der Waals surface area contributed by atoms with Crippen molar-refractivity contribution in [2.45, 2.75) is 13.0 Å². The molecule has 0 spiro atoms. The Morgan fingerprint density at radius 2 is 2.18 bits per heavy atom. The van der Waals surface area contributed by atoms with Crippen LogP contribution in [0.2, 0.25) is 0 Å². The molecule has 0 aliphatic carbocycles. The molecule has 0 fully saturated rings. The first-order chi connectivity index (χ1) is 5.11. The molecule has 0 aliphatic rings. The Morgan fingerprint density at radius 3 is 2.64 bits per heavy atom. The fourth-order valence-electron chi connectivity index (χ4n) is 1.06. The Morgan fingerprint density at radius 1 is 1.55 bits per heavy atom. The zero-order chi connectivity index (χ0) is 8.43. The first kappa shape index (κ1) is 8.27. The zero-order valence-electron chi connectivity index (χ0n) is 6.63. The van der Waals surface area contributed by atoms with Gasteiger partial charge in [0.05, 0.1) is 6.10 Å². The molecule has 0 aliphatic heterocycles. The lowest BCUT2D eigenvalue weighted by Crippen LogP contribution is -2.12. The summed E-state index contributed by atoms with van der Waals surface area (Å²) in [5, 5.41) is 9.16. The monoisotopic (exact) mass is 152 g/mol. The van der Waals surface area contributed by atoms with Gasteiger partial charge in [-0.2, -0.15) is 0 Å². The molecule has 0 amide bonds. The summed E-state index contributed by atoms with van der Waals surface area (Å²) in [7, 11) is 1.85. The van der Waals surface area contributed by atoms with Crippen LogP contribution in [0.1, 0.15) is 18.6 Å². The van der Waals surface area contributed by atoms with Crippen LogP contribution in [0.25, 0.3) is 0 Å². The first-order valence-electron chi connectivity index (χ1n) is 3.55. The van der Waals surface area contributed by atoms with Gasteiger partial charge in [-0.25, -0.2) is 4.39 Å². The highest BCUT2D eigenvalue weighted by Gasteiger charge is 2.04. The molecule has 3 heteroatoms. The van der Waals surface area contributed by atoms with Gasteiger partial charge in [0, 0.05) is 0 Å². The molecule has 1 aromatic carbocycles. The smallest absolute Gasteiger partial charge is 0.139 e. The van der Waals surface area contributed by atoms with Gasteiger partial charge in [0.2, 0.25) is 0 Å². The summed E-state index contributed by atoms with van der Waals surface area (Å²) in [6.07, 6.45) is -0.592. The van der Waals surface area contributed by atoms with Crippen LogP contribution >= 0.6 is 0 Å². The average molecular weight is 152 g/mol. The van der Waals surface area contributed by atoms with E-state index in [4.69, 9.17) is 5.11 Å². The minimum Gasteiger partial charge on any atom is -0.389 e. The summed E-state index contributed by atoms with van der Waals surface area (Å²) in [4.78, 5) is 0. The number of hydrogen-bond donors (Lipinski definition) is 1. The van der Waals surface area contributed by atoms with Gasteiger partial charge in [-0.05, 0) is 24.6 Å². The number of aliphatic hydroxyl groups is 1. The summed E-state index contributed by atoms with van der Waals surface area (Å²) in [6, 6.07) is 4.42. The third kappa shape index (κ3) is 1.81. The lowest BCUT2D eigenvalue weighted by atomic mass is 9.88. The summed E-state index contributed by atoms with van der Waals surface area (Å²) < 4.78 is 12.6. The maximum Gasteiger partial charge on any atom is 0.139 e. The van der Waals surface area contributed by atoms with Gasteiger partial charge in [0.15, 0.2) is 0 Å². The molecule has 0 heterocycles. The van der Waals surface area contributed by atoms with Crippen LogP contribution in [0.4, 0.5) is 4.39 Å². The zero-order valence-corrected chi connectivity index (χ0v) is 6.63. The molecule has 0 saturated heterocycles. The van der Waals surface area contributed by atoms with Gasteiger partial charge in [0.25, 0.3) is 0 Å². The Balaban J connectivity index is 3.13. The van der Waals surface area contributed by atoms with Crippen molar-refractivity contribution in [2.75, 3.05) is 0 Å². The Bertz CT molecular complexity index is 260. The van der Waals surface area contributed by atoms with Crippen LogP contribution in [-0.2, 0) is 0 Å². The quantitative estimate of drug-likeness (QED) is 0.567. The molecule has 1 atom stereocenters. The Kier molecular flexibility index (Phi) is 2.30. The number of hydrogen-bond acceptors (Lipinski definition) is 1. The van der Waals surface area contributed by atoms with Crippen molar-refractivity contribution >= 4 is 13.3 Å². The molecule has 1 aromatic rings. The van der Waals surface area contributed by atoms with Crippen LogP contribution < -0.4 is 5.46 Å². The minimum atomic E-state index is -0.592. The average Bonchev–Trinajstić information content (AvgIpc) is 1.94. The second-order valence-electron chi connectivity index (χ2n) is 2.68. The highest BCUT2D eigenvalue weighted by Crippen LogP contribution is 2.09. The predicted octanol–water partition coefficient (Wildman–Crippen LogP) is 0.137. The van der Waals surface area contributed by atoms with Crippen molar-refractivity contribution in [3.63, 3.8) is 0 Å². The fourth-order valence-corrected chi connectivity index (χ4v) is 1.06. The summed E-state index contributed by atoms with van der Waals surface area (Å²) in [5.41, 5.74) is 1.58. The molecule has 58 valence electrons. The van der Waals surface area contributed by atoms with E-state index in [1.165, 1.54) is 12.1 Å². The van der Waals surface area contributed by atoms with Crippen molar-refractivity contribution in [3.05, 3.63) is 29.6 Å². The van der Waals surface area contributed by atoms with Gasteiger partial charge in [-0.3, -0.25) is 0 Å². The summed E-state index contributed by atoms with van der Waals surface area (Å²) in [5.74, 6) is -0.300. The summed E-state index contributed by atoms with van der Waals surface area (Å²) >= 11 is 0. The SMILES string of the molecule is Bc1ccc(F)cc1[C@@H](C)O. The van der Waals surface area contributed by atoms with Crippen LogP contribution in [0.5, 0.6) is 0 Å². The lowest BCUT2D eigenvalue weighted by molar-refractivity contribution is 0.200. The minimum absolute atomic E-state index is 0.300. The van der Waals surface area contributed by atoms with E-state index in [1.807, 2.05) is 7.85 Å². The van der Waals surface area contributed by atoms with E-state index in [2.05, 4.69) is 0 Å². The molecule has 1 nitrogen and oxygen atoms in total. The van der Waals surface area contributed by atoms with Gasteiger partial charge in [0.1, 0.15) is 13.7 Å². The molecule has 0 radical (unpaired) electrons. The van der Waals surface area contributed by atoms with E-state index in [0.717, 1.165) is 5.46 Å². The van der Waals surface area contributed by atoms with Gasteiger partial charge in [-0.15, -0.1) is 0 Å². The third-order valence-electron chi connectivity index (χ3n) is 1.69. The molecular formula is C8H10BFO. The second kappa shape index (κ2) is 3.05. The van der Waals surface area contributed by atoms with E-state index in [0.29, 0.717) is 5.56 Å². The van der Waals surface area contributed by atoms with E-state index in [-0.39, 0.29) is 5.82 Å². The molecule has 11 heavy (non-hydrogen) atoms. The Labute approximate surface area is 66.3 Å². The molecule has 0 aromatic heterocycles. The molecular weight excluding hydrogens is 142 g/mol. The van der Waals surface area contributed by atoms with E-state index in [1.54, 1.807) is 13.0 Å². The van der Waals surface area contributed by atoms with Crippen molar-refractivity contribution < 1.29 is 9.50 Å². The molecule has 1 rings (SSSR count). The number of benzene rings is 1. The van der Waals surface area contributed by atoms with E-state index < -0.39 is 6.10 Å². The highest BCUT2D eigenvalue weighted by molar-refractivity contribution is 6.33. The number of aliphatic hydroxyl groups excluding tert-OH is 1. The van der Waals surface area contributed by atoms with Crippen molar-refractivity contribution in [1.29, 1.82) is 0 Å². The summed E-state index contributed by atoms with van der Waals surface area (Å²) in [6.45, 7) is 1.63. The molecule has 0 bridgehead atoms. The van der Waals surface area contributed by atoms with Crippen molar-refractivity contribution in [2.24, 2.45) is 0 Å². The fraction of sp³-hybridized carbons (Fsp3) is 0.250. The second-order valence-corrected chi connectivity index (χ2v) is 2.68. The third-order valence-corrected chi connectivity index (χ3v) is 1.69. The number of halogens is 1. The number of rotatable bonds is 1.